The van der Waals surface area contributed by atoms with Crippen LogP contribution in [0.5, 0.6) is 0 Å². The molecule has 618 valence electrons. The van der Waals surface area contributed by atoms with Gasteiger partial charge in [-0.15, -0.1) is 0 Å². The second kappa shape index (κ2) is 67.0. The average Bonchev–Trinajstić information content (AvgIpc) is 0.781. The minimum atomic E-state index is -1.99. The Morgan fingerprint density at radius 2 is 0.654 bits per heavy atom. The van der Waals surface area contributed by atoms with Crippen molar-refractivity contribution in [1.82, 2.24) is 5.32 Å². The number of rotatable bonds is 67. The number of carbonyl (C=O) groups excluding carboxylic acids is 1. The Balaban J connectivity index is 1.36. The molecule has 3 aliphatic heterocycles. The van der Waals surface area contributed by atoms with Gasteiger partial charge in [0.2, 0.25) is 5.91 Å². The van der Waals surface area contributed by atoms with Crippen molar-refractivity contribution in [3.05, 3.63) is 109 Å². The van der Waals surface area contributed by atoms with Gasteiger partial charge in [-0.3, -0.25) is 4.79 Å². The smallest absolute Gasteiger partial charge is 0.220 e. The van der Waals surface area contributed by atoms with Crippen molar-refractivity contribution in [3.8, 4) is 0 Å². The van der Waals surface area contributed by atoms with Crippen molar-refractivity contribution >= 4 is 5.91 Å². The molecular weight excluding hydrogens is 1360 g/mol. The van der Waals surface area contributed by atoms with Crippen LogP contribution < -0.4 is 5.32 Å². The molecule has 3 heterocycles. The van der Waals surface area contributed by atoms with Gasteiger partial charge in [0.05, 0.1) is 38.6 Å². The molecule has 17 unspecified atom stereocenters. The molecule has 17 atom stereocenters. The molecule has 3 fully saturated rings. The van der Waals surface area contributed by atoms with Gasteiger partial charge in [0.25, 0.3) is 0 Å². The Hall–Kier alpha value is -3.55. The van der Waals surface area contributed by atoms with Crippen LogP contribution in [-0.4, -0.2) is 193 Å². The molecule has 3 rings (SSSR count). The summed E-state index contributed by atoms with van der Waals surface area (Å²) in [5.41, 5.74) is 0. The predicted molar refractivity (Wildman–Crippen MR) is 429 cm³/mol. The van der Waals surface area contributed by atoms with Crippen LogP contribution in [0.3, 0.4) is 0 Å². The normalized spacial score (nSPS) is 26.1. The van der Waals surface area contributed by atoms with Crippen molar-refractivity contribution in [2.75, 3.05) is 26.4 Å². The zero-order valence-electron chi connectivity index (χ0n) is 66.3. The second-order valence-corrected chi connectivity index (χ2v) is 29.9. The van der Waals surface area contributed by atoms with Gasteiger partial charge >= 0.3 is 0 Å². The molecule has 3 saturated heterocycles. The molecule has 0 spiro atoms. The maximum Gasteiger partial charge on any atom is 0.220 e. The summed E-state index contributed by atoms with van der Waals surface area (Å²) < 4.78 is 34.5. The maximum absolute atomic E-state index is 13.5. The summed E-state index contributed by atoms with van der Waals surface area (Å²) in [4.78, 5) is 13.5. The monoisotopic (exact) mass is 1510 g/mol. The van der Waals surface area contributed by atoms with E-state index in [0.717, 1.165) is 83.5 Å². The number of carbonyl (C=O) groups is 1. The second-order valence-electron chi connectivity index (χ2n) is 29.9. The lowest BCUT2D eigenvalue weighted by Crippen LogP contribution is -2.66. The van der Waals surface area contributed by atoms with E-state index in [4.69, 9.17) is 28.4 Å². The van der Waals surface area contributed by atoms with Gasteiger partial charge in [-0.1, -0.05) is 316 Å². The number of unbranched alkanes of at least 4 members (excludes halogenated alkanes) is 35. The molecule has 3 aliphatic rings. The third kappa shape index (κ3) is 46.3. The van der Waals surface area contributed by atoms with Crippen LogP contribution in [-0.2, 0) is 33.2 Å². The molecule has 107 heavy (non-hydrogen) atoms. The molecule has 19 heteroatoms. The van der Waals surface area contributed by atoms with Gasteiger partial charge < -0.3 is 89.9 Å². The van der Waals surface area contributed by atoms with E-state index in [2.05, 4.69) is 116 Å². The fraction of sp³-hybridized carbons (Fsp3) is 0.784. The highest BCUT2D eigenvalue weighted by Gasteiger charge is 2.54. The van der Waals surface area contributed by atoms with E-state index in [0.29, 0.717) is 12.8 Å². The van der Waals surface area contributed by atoms with E-state index >= 15 is 0 Å². The molecule has 19 nitrogen and oxygen atoms in total. The summed E-state index contributed by atoms with van der Waals surface area (Å²) in [6.45, 7) is 1.62. The fourth-order valence-electron chi connectivity index (χ4n) is 13.8. The number of nitrogens with one attached hydrogen (secondary N) is 1. The van der Waals surface area contributed by atoms with Gasteiger partial charge in [-0.25, -0.2) is 0 Å². The van der Waals surface area contributed by atoms with Crippen molar-refractivity contribution in [1.29, 1.82) is 0 Å². The Bertz CT molecular complexity index is 2360. The summed E-state index contributed by atoms with van der Waals surface area (Å²) in [7, 11) is 0. The van der Waals surface area contributed by atoms with Gasteiger partial charge in [-0.05, 0) is 96.3 Å². The number of aliphatic hydroxyl groups is 11. The standard InChI is InChI=1S/C88H153NO18/c1-3-5-7-9-11-13-15-17-19-21-23-25-27-29-31-32-33-34-35-36-37-38-40-42-44-46-48-50-52-54-56-58-60-62-64-66-76(94)89-71(72(93)65-63-61-59-57-55-53-51-49-47-45-43-41-39-30-28-26-24-22-20-18-16-14-12-10-8-6-4-2)70-102-86-82(100)79(97)84(74(68-91)104-86)107-88-83(101)80(98)85(75(69-92)105-88)106-87-81(99)78(96)77(95)73(67-90)103-87/h5,7,11,13,17,19,23,25,29,31,33-34,47,49,55,57,63,65,71-75,77-88,90-93,95-101H,3-4,6,8-10,12,14-16,18,20-22,24,26-28,30,32,35-46,48,50-54,56,58-62,64,66-70H2,1-2H3,(H,89,94)/b7-5-,13-11-,19-17-,25-23-,31-29-,34-33-,49-47+,57-55+,65-63+. The minimum absolute atomic E-state index is 0.227. The first-order chi connectivity index (χ1) is 52.3. The third-order valence-electron chi connectivity index (χ3n) is 20.5. The number of amides is 1. The van der Waals surface area contributed by atoms with Crippen LogP contribution >= 0.6 is 0 Å². The minimum Gasteiger partial charge on any atom is -0.394 e. The molecule has 0 aromatic carbocycles. The van der Waals surface area contributed by atoms with E-state index in [1.807, 2.05) is 6.08 Å². The molecule has 0 radical (unpaired) electrons. The summed E-state index contributed by atoms with van der Waals surface area (Å²) in [6, 6.07) is -1.00. The Morgan fingerprint density at radius 1 is 0.346 bits per heavy atom. The summed E-state index contributed by atoms with van der Waals surface area (Å²) in [6.07, 6.45) is 66.5. The van der Waals surface area contributed by atoms with Gasteiger partial charge in [0, 0.05) is 6.42 Å². The van der Waals surface area contributed by atoms with E-state index < -0.39 is 124 Å². The number of ether oxygens (including phenoxy) is 6. The predicted octanol–water partition coefficient (Wildman–Crippen LogP) is 15.3. The van der Waals surface area contributed by atoms with Crippen molar-refractivity contribution in [2.24, 2.45) is 0 Å². The molecule has 0 saturated carbocycles. The van der Waals surface area contributed by atoms with Crippen LogP contribution in [0.4, 0.5) is 0 Å². The van der Waals surface area contributed by atoms with Crippen molar-refractivity contribution in [3.63, 3.8) is 0 Å². The van der Waals surface area contributed by atoms with E-state index in [-0.39, 0.29) is 18.9 Å². The number of hydrogen-bond acceptors (Lipinski definition) is 18. The van der Waals surface area contributed by atoms with Crippen LogP contribution in [0.15, 0.2) is 109 Å². The Kier molecular flexibility index (Phi) is 61.1. The maximum atomic E-state index is 13.5. The number of aliphatic hydroxyl groups excluding tert-OH is 11. The molecule has 0 bridgehead atoms. The van der Waals surface area contributed by atoms with Gasteiger partial charge in [0.1, 0.15) is 73.2 Å². The van der Waals surface area contributed by atoms with Crippen LogP contribution in [0.1, 0.15) is 309 Å². The van der Waals surface area contributed by atoms with E-state index in [1.165, 1.54) is 193 Å². The lowest BCUT2D eigenvalue weighted by atomic mass is 9.96. The largest absolute Gasteiger partial charge is 0.394 e. The Morgan fingerprint density at radius 3 is 1.05 bits per heavy atom. The number of hydrogen-bond donors (Lipinski definition) is 12. The molecule has 0 aromatic heterocycles. The molecule has 0 aromatic rings. The van der Waals surface area contributed by atoms with Crippen LogP contribution in [0.2, 0.25) is 0 Å². The first kappa shape index (κ1) is 97.6. The van der Waals surface area contributed by atoms with Crippen molar-refractivity contribution < 1.29 is 89.4 Å². The van der Waals surface area contributed by atoms with Crippen LogP contribution in [0, 0.1) is 0 Å². The first-order valence-electron chi connectivity index (χ1n) is 42.6. The average molecular weight is 1510 g/mol. The van der Waals surface area contributed by atoms with Crippen molar-refractivity contribution in [2.45, 2.75) is 413 Å². The third-order valence-corrected chi connectivity index (χ3v) is 20.5. The lowest BCUT2D eigenvalue weighted by Gasteiger charge is -2.48. The number of allylic oxidation sites excluding steroid dienone is 17. The zero-order chi connectivity index (χ0) is 77.4. The topological polar surface area (TPSA) is 307 Å². The van der Waals surface area contributed by atoms with Crippen LogP contribution in [0.25, 0.3) is 0 Å². The molecule has 1 amide bonds. The molecular formula is C88H153NO18. The highest BCUT2D eigenvalue weighted by molar-refractivity contribution is 5.76. The molecule has 12 N–H and O–H groups in total. The quantitative estimate of drug-likeness (QED) is 0.0199. The first-order valence-corrected chi connectivity index (χ1v) is 42.6. The summed E-state index contributed by atoms with van der Waals surface area (Å²) in [5, 5.41) is 121. The van der Waals surface area contributed by atoms with E-state index in [9.17, 15) is 61.0 Å². The van der Waals surface area contributed by atoms with E-state index in [1.54, 1.807) is 6.08 Å². The van der Waals surface area contributed by atoms with Gasteiger partial charge in [-0.2, -0.15) is 0 Å². The fourth-order valence-corrected chi connectivity index (χ4v) is 13.8. The SMILES string of the molecule is CC/C=C\C/C=C\C/C=C\C/C=C\C/C=C\C/C=C\CCCCCCCCCCCCCCCCCCC(=O)NC(COC1OC(CO)C(OC2OC(CO)C(OC3OC(CO)C(O)C(O)C3O)C(O)C2O)C(O)C1O)C(O)/C=C/CC/C=C/CC/C=C/CCCCCCCCCCCCCCCCCCC. The summed E-state index contributed by atoms with van der Waals surface area (Å²) in [5.74, 6) is -0.290. The molecule has 0 aliphatic carbocycles. The zero-order valence-corrected chi connectivity index (χ0v) is 66.3. The highest BCUT2D eigenvalue weighted by Crippen LogP contribution is 2.33. The highest BCUT2D eigenvalue weighted by atomic mass is 16.8. The lowest BCUT2D eigenvalue weighted by molar-refractivity contribution is -0.379. The van der Waals surface area contributed by atoms with Gasteiger partial charge in [0.15, 0.2) is 18.9 Å². The Labute approximate surface area is 646 Å². The summed E-state index contributed by atoms with van der Waals surface area (Å²) >= 11 is 0.